The number of hydrogen-bond donors (Lipinski definition) is 0. The maximum absolute atomic E-state index is 11.5. The molecule has 122 valence electrons. The zero-order valence-electron chi connectivity index (χ0n) is 12.6. The third-order valence-corrected chi connectivity index (χ3v) is 4.03. The largest absolute Gasteiger partial charge is 0.494 e. The van der Waals surface area contributed by atoms with Gasteiger partial charge in [-0.05, 0) is 43.3 Å². The van der Waals surface area contributed by atoms with E-state index in [1.54, 1.807) is 24.3 Å². The molecule has 0 amide bonds. The van der Waals surface area contributed by atoms with Gasteiger partial charge in [-0.1, -0.05) is 0 Å². The van der Waals surface area contributed by atoms with E-state index in [2.05, 4.69) is 0 Å². The number of benzene rings is 2. The van der Waals surface area contributed by atoms with E-state index >= 15 is 0 Å². The number of nitro benzene ring substituents is 1. The van der Waals surface area contributed by atoms with Crippen molar-refractivity contribution in [3.05, 3.63) is 52.6 Å². The molecule has 8 heteroatoms. The summed E-state index contributed by atoms with van der Waals surface area (Å²) >= 11 is 0. The lowest BCUT2D eigenvalue weighted by atomic mass is 10.3. The molecule has 2 rings (SSSR count). The van der Waals surface area contributed by atoms with Crippen molar-refractivity contribution in [1.29, 1.82) is 0 Å². The minimum absolute atomic E-state index is 0.0356. The monoisotopic (exact) mass is 337 g/mol. The third-order valence-electron chi connectivity index (χ3n) is 2.92. The molecule has 0 saturated heterocycles. The van der Waals surface area contributed by atoms with E-state index in [-0.39, 0.29) is 10.6 Å². The molecule has 0 saturated carbocycles. The fourth-order valence-corrected chi connectivity index (χ4v) is 2.50. The summed E-state index contributed by atoms with van der Waals surface area (Å²) in [7, 11) is -3.54. The first-order valence-electron chi connectivity index (χ1n) is 6.70. The van der Waals surface area contributed by atoms with Crippen LogP contribution in [0, 0.1) is 10.1 Å². The Hall–Kier alpha value is -2.61. The standard InChI is InChI=1S/C15H15NO6S/c1-3-21-11-4-6-12(7-5-11)22-15-9-8-13(23(2,19)20)10-14(15)16(17)18/h4-10H,3H2,1-2H3. The van der Waals surface area contributed by atoms with Gasteiger partial charge >= 0.3 is 5.69 Å². The van der Waals surface area contributed by atoms with E-state index in [9.17, 15) is 18.5 Å². The minimum Gasteiger partial charge on any atom is -0.494 e. The van der Waals surface area contributed by atoms with Crippen molar-refractivity contribution in [3.8, 4) is 17.2 Å². The van der Waals surface area contributed by atoms with Gasteiger partial charge in [-0.2, -0.15) is 0 Å². The summed E-state index contributed by atoms with van der Waals surface area (Å²) in [4.78, 5) is 10.3. The van der Waals surface area contributed by atoms with Crippen LogP contribution in [0.15, 0.2) is 47.4 Å². The van der Waals surface area contributed by atoms with Crippen LogP contribution in [-0.4, -0.2) is 26.2 Å². The lowest BCUT2D eigenvalue weighted by molar-refractivity contribution is -0.385. The molecule has 0 unspecified atom stereocenters. The van der Waals surface area contributed by atoms with E-state index in [1.165, 1.54) is 12.1 Å². The molecular weight excluding hydrogens is 322 g/mol. The van der Waals surface area contributed by atoms with Gasteiger partial charge in [-0.15, -0.1) is 0 Å². The zero-order valence-corrected chi connectivity index (χ0v) is 13.4. The van der Waals surface area contributed by atoms with Gasteiger partial charge < -0.3 is 9.47 Å². The van der Waals surface area contributed by atoms with E-state index in [0.717, 1.165) is 12.3 Å². The Balaban J connectivity index is 2.33. The van der Waals surface area contributed by atoms with Gasteiger partial charge in [-0.3, -0.25) is 10.1 Å². The molecule has 7 nitrogen and oxygen atoms in total. The Morgan fingerprint density at radius 2 is 1.70 bits per heavy atom. The molecule has 0 aromatic heterocycles. The maximum atomic E-state index is 11.5. The van der Waals surface area contributed by atoms with Crippen LogP contribution in [0.1, 0.15) is 6.92 Å². The molecule has 2 aromatic rings. The number of nitro groups is 1. The average Bonchev–Trinajstić information content (AvgIpc) is 2.48. The summed E-state index contributed by atoms with van der Waals surface area (Å²) in [6.45, 7) is 2.38. The summed E-state index contributed by atoms with van der Waals surface area (Å²) < 4.78 is 33.8. The van der Waals surface area contributed by atoms with Crippen LogP contribution >= 0.6 is 0 Å². The Morgan fingerprint density at radius 3 is 2.22 bits per heavy atom. The van der Waals surface area contributed by atoms with E-state index in [4.69, 9.17) is 9.47 Å². The Morgan fingerprint density at radius 1 is 1.09 bits per heavy atom. The first-order chi connectivity index (χ1) is 10.8. The van der Waals surface area contributed by atoms with Gasteiger partial charge in [0.15, 0.2) is 9.84 Å². The van der Waals surface area contributed by atoms with Crippen LogP contribution in [-0.2, 0) is 9.84 Å². The number of ether oxygens (including phenoxy) is 2. The van der Waals surface area contributed by atoms with Crippen molar-refractivity contribution in [2.75, 3.05) is 12.9 Å². The normalized spacial score (nSPS) is 11.0. The van der Waals surface area contributed by atoms with E-state index in [0.29, 0.717) is 18.1 Å². The number of hydrogen-bond acceptors (Lipinski definition) is 6. The van der Waals surface area contributed by atoms with Crippen molar-refractivity contribution >= 4 is 15.5 Å². The number of nitrogens with zero attached hydrogens (tertiary/aromatic N) is 1. The summed E-state index contributed by atoms with van der Waals surface area (Å²) in [6.07, 6.45) is 0.985. The summed E-state index contributed by atoms with van der Waals surface area (Å²) in [5.41, 5.74) is -0.415. The molecule has 0 atom stereocenters. The van der Waals surface area contributed by atoms with Crippen molar-refractivity contribution in [3.63, 3.8) is 0 Å². The van der Waals surface area contributed by atoms with Crippen molar-refractivity contribution in [1.82, 2.24) is 0 Å². The highest BCUT2D eigenvalue weighted by Gasteiger charge is 2.20. The molecule has 0 N–H and O–H groups in total. The molecule has 0 radical (unpaired) electrons. The Kier molecular flexibility index (Phi) is 4.85. The lowest BCUT2D eigenvalue weighted by Gasteiger charge is -2.08. The molecule has 0 aliphatic heterocycles. The van der Waals surface area contributed by atoms with Crippen LogP contribution in [0.4, 0.5) is 5.69 Å². The molecule has 0 aliphatic carbocycles. The first kappa shape index (κ1) is 16.8. The third kappa shape index (κ3) is 4.19. The van der Waals surface area contributed by atoms with Gasteiger partial charge in [0.05, 0.1) is 16.4 Å². The number of rotatable bonds is 6. The fraction of sp³-hybridized carbons (Fsp3) is 0.200. The maximum Gasteiger partial charge on any atom is 0.312 e. The highest BCUT2D eigenvalue weighted by molar-refractivity contribution is 7.90. The highest BCUT2D eigenvalue weighted by Crippen LogP contribution is 2.33. The molecular formula is C15H15NO6S. The average molecular weight is 337 g/mol. The zero-order chi connectivity index (χ0) is 17.0. The SMILES string of the molecule is CCOc1ccc(Oc2ccc(S(C)(=O)=O)cc2[N+](=O)[O-])cc1. The molecule has 2 aromatic carbocycles. The van der Waals surface area contributed by atoms with Crippen LogP contribution in [0.25, 0.3) is 0 Å². The Labute approximate surface area is 133 Å². The first-order valence-corrected chi connectivity index (χ1v) is 8.59. The van der Waals surface area contributed by atoms with E-state index < -0.39 is 20.4 Å². The predicted molar refractivity (Wildman–Crippen MR) is 83.9 cm³/mol. The number of sulfone groups is 1. The van der Waals surface area contributed by atoms with Crippen LogP contribution in [0.2, 0.25) is 0 Å². The van der Waals surface area contributed by atoms with E-state index in [1.807, 2.05) is 6.92 Å². The second-order valence-corrected chi connectivity index (χ2v) is 6.68. The molecule has 0 aliphatic rings. The molecule has 0 heterocycles. The van der Waals surface area contributed by atoms with Gasteiger partial charge in [0, 0.05) is 12.3 Å². The lowest BCUT2D eigenvalue weighted by Crippen LogP contribution is -2.00. The van der Waals surface area contributed by atoms with Crippen LogP contribution in [0.3, 0.4) is 0 Å². The van der Waals surface area contributed by atoms with Crippen molar-refractivity contribution < 1.29 is 22.8 Å². The minimum atomic E-state index is -3.54. The van der Waals surface area contributed by atoms with Gasteiger partial charge in [0.1, 0.15) is 11.5 Å². The highest BCUT2D eigenvalue weighted by atomic mass is 32.2. The van der Waals surface area contributed by atoms with Crippen molar-refractivity contribution in [2.45, 2.75) is 11.8 Å². The van der Waals surface area contributed by atoms with Crippen LogP contribution in [0.5, 0.6) is 17.2 Å². The van der Waals surface area contributed by atoms with Gasteiger partial charge in [-0.25, -0.2) is 8.42 Å². The second-order valence-electron chi connectivity index (χ2n) is 4.67. The quantitative estimate of drug-likeness (QED) is 0.593. The van der Waals surface area contributed by atoms with Gasteiger partial charge in [0.2, 0.25) is 5.75 Å². The summed E-state index contributed by atoms with van der Waals surface area (Å²) in [5.74, 6) is 0.997. The van der Waals surface area contributed by atoms with Crippen LogP contribution < -0.4 is 9.47 Å². The molecule has 23 heavy (non-hydrogen) atoms. The second kappa shape index (κ2) is 6.66. The summed E-state index contributed by atoms with van der Waals surface area (Å²) in [6, 6.07) is 10.1. The molecule has 0 spiro atoms. The predicted octanol–water partition coefficient (Wildman–Crippen LogP) is 3.19. The van der Waals surface area contributed by atoms with Crippen molar-refractivity contribution in [2.24, 2.45) is 0 Å². The van der Waals surface area contributed by atoms with Gasteiger partial charge in [0.25, 0.3) is 0 Å². The molecule has 0 fully saturated rings. The smallest absolute Gasteiger partial charge is 0.312 e. The molecule has 0 bridgehead atoms. The summed E-state index contributed by atoms with van der Waals surface area (Å²) in [5, 5.41) is 11.1. The topological polar surface area (TPSA) is 95.7 Å². The Bertz CT molecular complexity index is 814. The fourth-order valence-electron chi connectivity index (χ4n) is 1.85.